The maximum Gasteiger partial charge on any atom is 0.211 e. The Bertz CT molecular complexity index is 326. The Balaban J connectivity index is 2.19. The number of rotatable bonds is 3. The van der Waals surface area contributed by atoms with Crippen LogP contribution in [0.2, 0.25) is 0 Å². The van der Waals surface area contributed by atoms with Gasteiger partial charge in [0.2, 0.25) is 5.89 Å². The summed E-state index contributed by atoms with van der Waals surface area (Å²) < 4.78 is 5.85. The first-order chi connectivity index (χ1) is 7.15. The summed E-state index contributed by atoms with van der Waals surface area (Å²) in [5.41, 5.74) is 0.235. The molecule has 0 amide bonds. The van der Waals surface area contributed by atoms with Crippen molar-refractivity contribution in [3.63, 3.8) is 0 Å². The molecule has 0 spiro atoms. The second-order valence-electron chi connectivity index (χ2n) is 4.84. The van der Waals surface area contributed by atoms with Crippen LogP contribution in [-0.2, 0) is 5.41 Å². The highest BCUT2D eigenvalue weighted by Gasteiger charge is 2.34. The van der Waals surface area contributed by atoms with Crippen molar-refractivity contribution in [2.75, 3.05) is 7.05 Å². The van der Waals surface area contributed by atoms with Crippen molar-refractivity contribution >= 4 is 0 Å². The van der Waals surface area contributed by atoms with Gasteiger partial charge in [0.15, 0.2) is 0 Å². The van der Waals surface area contributed by atoms with Crippen LogP contribution >= 0.6 is 0 Å². The highest BCUT2D eigenvalue weighted by molar-refractivity contribution is 5.12. The summed E-state index contributed by atoms with van der Waals surface area (Å²) in [4.78, 5) is 4.35. The van der Waals surface area contributed by atoms with Crippen molar-refractivity contribution in [1.29, 1.82) is 0 Å². The summed E-state index contributed by atoms with van der Waals surface area (Å²) in [7, 11) is 1.92. The van der Waals surface area contributed by atoms with E-state index in [1.807, 2.05) is 13.2 Å². The molecule has 1 unspecified atom stereocenters. The van der Waals surface area contributed by atoms with E-state index in [1.54, 1.807) is 0 Å². The van der Waals surface area contributed by atoms with Crippen LogP contribution in [0.4, 0.5) is 0 Å². The third kappa shape index (κ3) is 1.93. The van der Waals surface area contributed by atoms with Crippen LogP contribution in [0.25, 0.3) is 0 Å². The predicted molar refractivity (Wildman–Crippen MR) is 59.8 cm³/mol. The molecule has 15 heavy (non-hydrogen) atoms. The minimum absolute atomic E-state index is 0.198. The quantitative estimate of drug-likeness (QED) is 0.830. The Morgan fingerprint density at radius 1 is 1.47 bits per heavy atom. The number of oxazole rings is 1. The van der Waals surface area contributed by atoms with Gasteiger partial charge in [-0.2, -0.15) is 0 Å². The van der Waals surface area contributed by atoms with E-state index in [4.69, 9.17) is 4.42 Å². The van der Waals surface area contributed by atoms with Crippen LogP contribution in [0, 0.1) is 0 Å². The van der Waals surface area contributed by atoms with Crippen LogP contribution in [0.3, 0.4) is 0 Å². The average Bonchev–Trinajstić information content (AvgIpc) is 2.85. The SMILES string of the molecule is CNC(C)c1ncc(C2(C)CCCC2)o1. The Hall–Kier alpha value is -0.830. The topological polar surface area (TPSA) is 38.1 Å². The minimum atomic E-state index is 0.198. The summed E-state index contributed by atoms with van der Waals surface area (Å²) >= 11 is 0. The Kier molecular flexibility index (Phi) is 2.83. The van der Waals surface area contributed by atoms with Gasteiger partial charge in [-0.25, -0.2) is 4.98 Å². The van der Waals surface area contributed by atoms with Gasteiger partial charge in [-0.3, -0.25) is 0 Å². The molecule has 0 aliphatic heterocycles. The fourth-order valence-electron chi connectivity index (χ4n) is 2.29. The predicted octanol–water partition coefficient (Wildman–Crippen LogP) is 2.79. The van der Waals surface area contributed by atoms with Crippen LogP contribution in [-0.4, -0.2) is 12.0 Å². The molecular formula is C12H20N2O. The molecule has 3 heteroatoms. The van der Waals surface area contributed by atoms with Crippen LogP contribution < -0.4 is 5.32 Å². The number of hydrogen-bond acceptors (Lipinski definition) is 3. The summed E-state index contributed by atoms with van der Waals surface area (Å²) in [6.07, 6.45) is 7.00. The van der Waals surface area contributed by atoms with E-state index in [0.717, 1.165) is 11.7 Å². The Labute approximate surface area is 91.3 Å². The zero-order valence-electron chi connectivity index (χ0n) is 9.84. The maximum atomic E-state index is 5.85. The standard InChI is InChI=1S/C12H20N2O/c1-9(13-3)11-14-8-10(15-11)12(2)6-4-5-7-12/h8-9,13H,4-7H2,1-3H3. The van der Waals surface area contributed by atoms with Gasteiger partial charge in [-0.1, -0.05) is 19.8 Å². The fraction of sp³-hybridized carbons (Fsp3) is 0.750. The number of nitrogens with one attached hydrogen (secondary N) is 1. The molecule has 0 saturated heterocycles. The van der Waals surface area contributed by atoms with Gasteiger partial charge >= 0.3 is 0 Å². The zero-order valence-corrected chi connectivity index (χ0v) is 9.84. The van der Waals surface area contributed by atoms with Crippen molar-refractivity contribution in [3.8, 4) is 0 Å². The van der Waals surface area contributed by atoms with E-state index in [9.17, 15) is 0 Å². The lowest BCUT2D eigenvalue weighted by Gasteiger charge is -2.19. The lowest BCUT2D eigenvalue weighted by atomic mass is 9.87. The molecule has 0 aromatic carbocycles. The highest BCUT2D eigenvalue weighted by Crippen LogP contribution is 2.41. The van der Waals surface area contributed by atoms with E-state index >= 15 is 0 Å². The Morgan fingerprint density at radius 3 is 2.73 bits per heavy atom. The third-order valence-corrected chi connectivity index (χ3v) is 3.63. The van der Waals surface area contributed by atoms with Crippen molar-refractivity contribution in [2.24, 2.45) is 0 Å². The normalized spacial score (nSPS) is 21.8. The summed E-state index contributed by atoms with van der Waals surface area (Å²) in [6, 6.07) is 0.198. The Morgan fingerprint density at radius 2 is 2.13 bits per heavy atom. The van der Waals surface area contributed by atoms with Gasteiger partial charge in [0, 0.05) is 5.41 Å². The summed E-state index contributed by atoms with van der Waals surface area (Å²) in [6.45, 7) is 4.35. The average molecular weight is 208 g/mol. The second kappa shape index (κ2) is 3.97. The van der Waals surface area contributed by atoms with Crippen molar-refractivity contribution in [2.45, 2.75) is 51.0 Å². The molecule has 1 aliphatic rings. The monoisotopic (exact) mass is 208 g/mol. The third-order valence-electron chi connectivity index (χ3n) is 3.63. The maximum absolute atomic E-state index is 5.85. The molecule has 1 saturated carbocycles. The molecule has 1 N–H and O–H groups in total. The van der Waals surface area contributed by atoms with Crippen LogP contribution in [0.15, 0.2) is 10.6 Å². The summed E-state index contributed by atoms with van der Waals surface area (Å²) in [5.74, 6) is 1.87. The van der Waals surface area contributed by atoms with Crippen LogP contribution in [0.1, 0.15) is 57.2 Å². The lowest BCUT2D eigenvalue weighted by molar-refractivity contribution is 0.331. The molecule has 3 nitrogen and oxygen atoms in total. The minimum Gasteiger partial charge on any atom is -0.443 e. The molecule has 1 aliphatic carbocycles. The van der Waals surface area contributed by atoms with E-state index in [2.05, 4.69) is 24.1 Å². The van der Waals surface area contributed by atoms with Crippen LogP contribution in [0.5, 0.6) is 0 Å². The van der Waals surface area contributed by atoms with E-state index in [0.29, 0.717) is 0 Å². The molecule has 0 radical (unpaired) electrons. The molecule has 1 heterocycles. The van der Waals surface area contributed by atoms with Crippen molar-refractivity contribution < 1.29 is 4.42 Å². The highest BCUT2D eigenvalue weighted by atomic mass is 16.4. The molecule has 1 aromatic heterocycles. The molecule has 84 valence electrons. The second-order valence-corrected chi connectivity index (χ2v) is 4.84. The fourth-order valence-corrected chi connectivity index (χ4v) is 2.29. The molecule has 2 rings (SSSR count). The van der Waals surface area contributed by atoms with Crippen molar-refractivity contribution in [3.05, 3.63) is 17.8 Å². The largest absolute Gasteiger partial charge is 0.443 e. The van der Waals surface area contributed by atoms with Gasteiger partial charge in [-0.15, -0.1) is 0 Å². The van der Waals surface area contributed by atoms with Gasteiger partial charge in [0.05, 0.1) is 12.2 Å². The molecule has 1 atom stereocenters. The molecular weight excluding hydrogens is 188 g/mol. The molecule has 1 aromatic rings. The number of aromatic nitrogens is 1. The smallest absolute Gasteiger partial charge is 0.211 e. The van der Waals surface area contributed by atoms with Crippen molar-refractivity contribution in [1.82, 2.24) is 10.3 Å². The van der Waals surface area contributed by atoms with Gasteiger partial charge in [0.1, 0.15) is 5.76 Å². The summed E-state index contributed by atoms with van der Waals surface area (Å²) in [5, 5.41) is 3.14. The first kappa shape index (κ1) is 10.7. The number of nitrogens with zero attached hydrogens (tertiary/aromatic N) is 1. The zero-order chi connectivity index (χ0) is 10.9. The van der Waals surface area contributed by atoms with Gasteiger partial charge < -0.3 is 9.73 Å². The van der Waals surface area contributed by atoms with E-state index in [-0.39, 0.29) is 11.5 Å². The van der Waals surface area contributed by atoms with Gasteiger partial charge in [-0.05, 0) is 26.8 Å². The lowest BCUT2D eigenvalue weighted by Crippen LogP contribution is -2.16. The number of hydrogen-bond donors (Lipinski definition) is 1. The first-order valence-corrected chi connectivity index (χ1v) is 5.79. The van der Waals surface area contributed by atoms with Gasteiger partial charge in [0.25, 0.3) is 0 Å². The first-order valence-electron chi connectivity index (χ1n) is 5.79. The molecule has 0 bridgehead atoms. The van der Waals surface area contributed by atoms with E-state index < -0.39 is 0 Å². The molecule has 1 fully saturated rings. The van der Waals surface area contributed by atoms with E-state index in [1.165, 1.54) is 25.7 Å².